The van der Waals surface area contributed by atoms with Gasteiger partial charge in [-0.15, -0.1) is 11.3 Å². The van der Waals surface area contributed by atoms with E-state index in [0.29, 0.717) is 6.42 Å². The van der Waals surface area contributed by atoms with Crippen LogP contribution in [0.4, 0.5) is 0 Å². The van der Waals surface area contributed by atoms with Crippen LogP contribution < -0.4 is 5.32 Å². The maximum absolute atomic E-state index is 11.1. The van der Waals surface area contributed by atoms with Gasteiger partial charge in [0.25, 0.3) is 0 Å². The van der Waals surface area contributed by atoms with Gasteiger partial charge in [-0.05, 0) is 58.7 Å². The molecule has 0 aliphatic carbocycles. The molecule has 0 saturated carbocycles. The third-order valence-corrected chi connectivity index (χ3v) is 5.19. The molecular weight excluding hydrogens is 334 g/mol. The molecular formula is C12H20BrNO2S2. The fraction of sp³-hybridized carbons (Fsp3) is 0.667. The Bertz CT molecular complexity index is 456. The van der Waals surface area contributed by atoms with Gasteiger partial charge in [-0.3, -0.25) is 0 Å². The zero-order valence-electron chi connectivity index (χ0n) is 10.8. The molecule has 104 valence electrons. The molecule has 1 atom stereocenters. The number of sulfone groups is 1. The van der Waals surface area contributed by atoms with Crippen molar-refractivity contribution in [1.29, 1.82) is 0 Å². The smallest absolute Gasteiger partial charge is 0.147 e. The number of rotatable bonds is 8. The Morgan fingerprint density at radius 2 is 2.22 bits per heavy atom. The van der Waals surface area contributed by atoms with Crippen LogP contribution in [0.1, 0.15) is 37.8 Å². The van der Waals surface area contributed by atoms with E-state index in [9.17, 15) is 8.42 Å². The Balaban J connectivity index is 2.56. The third-order valence-electron chi connectivity index (χ3n) is 2.64. The number of hydrogen-bond acceptors (Lipinski definition) is 4. The van der Waals surface area contributed by atoms with Crippen molar-refractivity contribution in [2.45, 2.75) is 32.2 Å². The van der Waals surface area contributed by atoms with Crippen LogP contribution in [0.15, 0.2) is 15.2 Å². The van der Waals surface area contributed by atoms with Crippen LogP contribution in [-0.4, -0.2) is 27.0 Å². The Morgan fingerprint density at radius 3 is 2.72 bits per heavy atom. The van der Waals surface area contributed by atoms with Gasteiger partial charge >= 0.3 is 0 Å². The number of nitrogens with one attached hydrogen (secondary N) is 1. The molecule has 1 unspecified atom stereocenters. The molecule has 1 heterocycles. The summed E-state index contributed by atoms with van der Waals surface area (Å²) in [6, 6.07) is 2.37. The highest BCUT2D eigenvalue weighted by Gasteiger charge is 2.13. The van der Waals surface area contributed by atoms with Gasteiger partial charge in [0.2, 0.25) is 0 Å². The average Bonchev–Trinajstić information content (AvgIpc) is 2.68. The zero-order chi connectivity index (χ0) is 13.6. The molecule has 0 aliphatic heterocycles. The molecule has 1 rings (SSSR count). The van der Waals surface area contributed by atoms with E-state index in [-0.39, 0.29) is 11.8 Å². The molecule has 0 bridgehead atoms. The van der Waals surface area contributed by atoms with Gasteiger partial charge in [0.05, 0.1) is 3.79 Å². The molecule has 6 heteroatoms. The number of halogens is 1. The third kappa shape index (κ3) is 6.31. The molecule has 0 aromatic carbocycles. The molecule has 1 aromatic rings. The highest BCUT2D eigenvalue weighted by molar-refractivity contribution is 9.11. The average molecular weight is 354 g/mol. The first-order chi connectivity index (χ1) is 8.42. The van der Waals surface area contributed by atoms with Crippen molar-refractivity contribution < 1.29 is 8.42 Å². The first kappa shape index (κ1) is 16.1. The van der Waals surface area contributed by atoms with Crippen LogP contribution in [-0.2, 0) is 9.84 Å². The molecule has 1 N–H and O–H groups in total. The maximum atomic E-state index is 11.1. The molecule has 0 aliphatic rings. The second-order valence-electron chi connectivity index (χ2n) is 4.46. The SMILES string of the molecule is CCCNC(CCCS(C)(=O)=O)c1csc(Br)c1. The van der Waals surface area contributed by atoms with Gasteiger partial charge in [-0.25, -0.2) is 8.42 Å². The largest absolute Gasteiger partial charge is 0.310 e. The molecule has 0 radical (unpaired) electrons. The quantitative estimate of drug-likeness (QED) is 0.779. The number of thiophene rings is 1. The van der Waals surface area contributed by atoms with Crippen LogP contribution >= 0.6 is 27.3 Å². The molecule has 0 fully saturated rings. The molecule has 3 nitrogen and oxygen atoms in total. The fourth-order valence-corrected chi connectivity index (χ4v) is 3.68. The van der Waals surface area contributed by atoms with Crippen molar-refractivity contribution in [1.82, 2.24) is 5.32 Å². The van der Waals surface area contributed by atoms with Gasteiger partial charge in [0.1, 0.15) is 9.84 Å². The first-order valence-electron chi connectivity index (χ1n) is 6.07. The topological polar surface area (TPSA) is 46.2 Å². The van der Waals surface area contributed by atoms with Gasteiger partial charge in [0, 0.05) is 18.1 Å². The minimum Gasteiger partial charge on any atom is -0.310 e. The van der Waals surface area contributed by atoms with Crippen LogP contribution in [0.5, 0.6) is 0 Å². The summed E-state index contributed by atoms with van der Waals surface area (Å²) in [7, 11) is -2.85. The van der Waals surface area contributed by atoms with Crippen LogP contribution in [0.3, 0.4) is 0 Å². The van der Waals surface area contributed by atoms with E-state index in [0.717, 1.165) is 23.2 Å². The summed E-state index contributed by atoms with van der Waals surface area (Å²) in [5, 5.41) is 5.60. The lowest BCUT2D eigenvalue weighted by atomic mass is 10.1. The fourth-order valence-electron chi connectivity index (χ4n) is 1.76. The molecule has 1 aromatic heterocycles. The lowest BCUT2D eigenvalue weighted by molar-refractivity contribution is 0.493. The van der Waals surface area contributed by atoms with E-state index in [4.69, 9.17) is 0 Å². The van der Waals surface area contributed by atoms with Gasteiger partial charge in [-0.2, -0.15) is 0 Å². The highest BCUT2D eigenvalue weighted by Crippen LogP contribution is 2.27. The summed E-state index contributed by atoms with van der Waals surface area (Å²) < 4.78 is 23.4. The van der Waals surface area contributed by atoms with Gasteiger partial charge in [-0.1, -0.05) is 6.92 Å². The van der Waals surface area contributed by atoms with E-state index in [2.05, 4.69) is 39.6 Å². The predicted molar refractivity (Wildman–Crippen MR) is 82.0 cm³/mol. The van der Waals surface area contributed by atoms with E-state index in [1.807, 2.05) is 0 Å². The molecule has 0 saturated heterocycles. The summed E-state index contributed by atoms with van der Waals surface area (Å²) in [5.41, 5.74) is 1.24. The Kier molecular flexibility index (Phi) is 6.84. The lowest BCUT2D eigenvalue weighted by Gasteiger charge is -2.17. The summed E-state index contributed by atoms with van der Waals surface area (Å²) in [6.07, 6.45) is 3.93. The standard InChI is InChI=1S/C12H20BrNO2S2/c1-3-6-14-11(5-4-7-18(2,15)16)10-8-12(13)17-9-10/h8-9,11,14H,3-7H2,1-2H3. The second kappa shape index (κ2) is 7.62. The monoisotopic (exact) mass is 353 g/mol. The Hall–Kier alpha value is 0.0900. The predicted octanol–water partition coefficient (Wildman–Crippen LogP) is 3.38. The van der Waals surface area contributed by atoms with E-state index in [1.165, 1.54) is 11.8 Å². The molecule has 0 spiro atoms. The number of hydrogen-bond donors (Lipinski definition) is 1. The van der Waals surface area contributed by atoms with Crippen LogP contribution in [0.2, 0.25) is 0 Å². The zero-order valence-corrected chi connectivity index (χ0v) is 14.0. The minimum absolute atomic E-state index is 0.259. The summed E-state index contributed by atoms with van der Waals surface area (Å²) in [5.74, 6) is 0.266. The Labute approximate surface area is 122 Å². The van der Waals surface area contributed by atoms with Crippen molar-refractivity contribution in [2.24, 2.45) is 0 Å². The van der Waals surface area contributed by atoms with E-state index >= 15 is 0 Å². The molecule has 0 amide bonds. The Morgan fingerprint density at radius 1 is 1.50 bits per heavy atom. The summed E-state index contributed by atoms with van der Waals surface area (Å²) >= 11 is 5.13. The summed E-state index contributed by atoms with van der Waals surface area (Å²) in [4.78, 5) is 0. The minimum atomic E-state index is -2.85. The second-order valence-corrected chi connectivity index (χ2v) is 9.01. The normalized spacial score (nSPS) is 13.7. The lowest BCUT2D eigenvalue weighted by Crippen LogP contribution is -2.22. The maximum Gasteiger partial charge on any atom is 0.147 e. The van der Waals surface area contributed by atoms with Gasteiger partial charge in [0.15, 0.2) is 0 Å². The van der Waals surface area contributed by atoms with E-state index < -0.39 is 9.84 Å². The van der Waals surface area contributed by atoms with Crippen LogP contribution in [0.25, 0.3) is 0 Å². The van der Waals surface area contributed by atoms with Gasteiger partial charge < -0.3 is 5.32 Å². The van der Waals surface area contributed by atoms with Crippen molar-refractivity contribution in [3.05, 3.63) is 20.8 Å². The van der Waals surface area contributed by atoms with Crippen molar-refractivity contribution in [2.75, 3.05) is 18.6 Å². The summed E-state index contributed by atoms with van der Waals surface area (Å²) in [6.45, 7) is 3.08. The van der Waals surface area contributed by atoms with E-state index in [1.54, 1.807) is 11.3 Å². The van der Waals surface area contributed by atoms with Crippen molar-refractivity contribution in [3.63, 3.8) is 0 Å². The molecule has 18 heavy (non-hydrogen) atoms. The van der Waals surface area contributed by atoms with Crippen molar-refractivity contribution in [3.8, 4) is 0 Å². The highest BCUT2D eigenvalue weighted by atomic mass is 79.9. The van der Waals surface area contributed by atoms with Crippen molar-refractivity contribution >= 4 is 37.1 Å². The first-order valence-corrected chi connectivity index (χ1v) is 9.80. The van der Waals surface area contributed by atoms with Crippen LogP contribution in [0, 0.1) is 0 Å².